The van der Waals surface area contributed by atoms with Gasteiger partial charge in [-0.2, -0.15) is 5.48 Å². The van der Waals surface area contributed by atoms with Crippen LogP contribution in [0.2, 0.25) is 0 Å². The summed E-state index contributed by atoms with van der Waals surface area (Å²) in [4.78, 5) is 25.4. The Kier molecular flexibility index (Phi) is 7.33. The molecule has 0 aromatic rings. The Balaban J connectivity index is 1.13. The Morgan fingerprint density at radius 1 is 1.00 bits per heavy atom. The number of nitrogens with zero attached hydrogens (tertiary/aromatic N) is 3. The number of carbonyl (C=O) groups excluding carboxylic acids is 1. The largest absolute Gasteiger partial charge is 0.369 e. The molecule has 182 valence electrons. The van der Waals surface area contributed by atoms with E-state index in [1.54, 1.807) is 0 Å². The molecule has 5 fully saturated rings. The van der Waals surface area contributed by atoms with Gasteiger partial charge in [-0.1, -0.05) is 0 Å². The number of hydroxylamine groups is 1. The van der Waals surface area contributed by atoms with Crippen LogP contribution in [0.3, 0.4) is 0 Å². The van der Waals surface area contributed by atoms with Crippen LogP contribution in [0.15, 0.2) is 0 Å². The smallest absolute Gasteiger partial charge is 0.220 e. The molecule has 0 aromatic carbocycles. The molecule has 0 aliphatic carbocycles. The highest BCUT2D eigenvalue weighted by Gasteiger charge is 2.43. The van der Waals surface area contributed by atoms with Gasteiger partial charge < -0.3 is 16.0 Å². The first-order valence-electron chi connectivity index (χ1n) is 13.0. The normalized spacial score (nSPS) is 39.6. The van der Waals surface area contributed by atoms with Gasteiger partial charge >= 0.3 is 0 Å². The first-order chi connectivity index (χ1) is 15.6. The minimum atomic E-state index is -0.136. The van der Waals surface area contributed by atoms with Gasteiger partial charge in [0.2, 0.25) is 5.91 Å². The van der Waals surface area contributed by atoms with Gasteiger partial charge in [0.15, 0.2) is 0 Å². The predicted octanol–water partition coefficient (Wildman–Crippen LogP) is -0.155. The fourth-order valence-corrected chi connectivity index (χ4v) is 6.73. The van der Waals surface area contributed by atoms with Crippen LogP contribution in [0.4, 0.5) is 0 Å². The quantitative estimate of drug-likeness (QED) is 0.460. The van der Waals surface area contributed by atoms with E-state index in [4.69, 9.17) is 10.6 Å². The molecule has 5 atom stereocenters. The summed E-state index contributed by atoms with van der Waals surface area (Å²) in [6.07, 6.45) is 9.76. The van der Waals surface area contributed by atoms with Crippen LogP contribution in [0, 0.1) is 11.8 Å². The highest BCUT2D eigenvalue weighted by atomic mass is 16.7. The second-order valence-corrected chi connectivity index (χ2v) is 10.7. The maximum atomic E-state index is 11.5. The minimum Gasteiger partial charge on any atom is -0.369 e. The Bertz CT molecular complexity index is 636. The first kappa shape index (κ1) is 23.0. The number of hydrogen-bond donors (Lipinski definition) is 4. The van der Waals surface area contributed by atoms with Crippen LogP contribution < -0.4 is 21.8 Å². The van der Waals surface area contributed by atoms with Crippen molar-refractivity contribution in [3.8, 4) is 0 Å². The Morgan fingerprint density at radius 2 is 1.78 bits per heavy atom. The number of piperidine rings is 3. The summed E-state index contributed by atoms with van der Waals surface area (Å²) in [5.74, 6) is 0.457. The summed E-state index contributed by atoms with van der Waals surface area (Å²) >= 11 is 0. The molecule has 0 saturated carbocycles. The van der Waals surface area contributed by atoms with E-state index < -0.39 is 0 Å². The van der Waals surface area contributed by atoms with Crippen molar-refractivity contribution in [1.29, 1.82) is 0 Å². The molecular weight excluding hydrogens is 406 g/mol. The maximum absolute atomic E-state index is 11.5. The predicted molar refractivity (Wildman–Crippen MR) is 123 cm³/mol. The lowest BCUT2D eigenvalue weighted by molar-refractivity contribution is -0.123. The zero-order chi connectivity index (χ0) is 22.1. The van der Waals surface area contributed by atoms with Gasteiger partial charge in [0.25, 0.3) is 0 Å². The number of nitrogens with one attached hydrogen (secondary N) is 3. The van der Waals surface area contributed by atoms with Gasteiger partial charge in [-0.15, -0.1) is 0 Å². The molecule has 4 unspecified atom stereocenters. The molecule has 5 aliphatic heterocycles. The maximum Gasteiger partial charge on any atom is 0.220 e. The molecular formula is C23H43N7O2. The second kappa shape index (κ2) is 10.2. The average Bonchev–Trinajstić information content (AvgIpc) is 3.50. The SMILES string of the molecule is CN1CCC(N2CCC[C@H]2C2NC(C3CCNC(N4CCC(C(N)=O)CC4)C3)NO2)CC1. The summed E-state index contributed by atoms with van der Waals surface area (Å²) in [5, 5.41) is 7.54. The number of amides is 1. The van der Waals surface area contributed by atoms with Crippen LogP contribution in [-0.4, -0.2) is 97.6 Å². The minimum absolute atomic E-state index is 0.0527. The Labute approximate surface area is 192 Å². The van der Waals surface area contributed by atoms with Gasteiger partial charge in [0.05, 0.1) is 18.4 Å². The molecule has 5 N–H and O–H groups in total. The number of rotatable bonds is 5. The lowest BCUT2D eigenvalue weighted by Gasteiger charge is -2.42. The number of hydrogen-bond acceptors (Lipinski definition) is 8. The van der Waals surface area contributed by atoms with Crippen molar-refractivity contribution in [1.82, 2.24) is 30.8 Å². The van der Waals surface area contributed by atoms with Gasteiger partial charge in [-0.3, -0.25) is 24.7 Å². The second-order valence-electron chi connectivity index (χ2n) is 10.7. The van der Waals surface area contributed by atoms with Crippen molar-refractivity contribution >= 4 is 5.91 Å². The number of nitrogens with two attached hydrogens (primary N) is 1. The molecule has 5 saturated heterocycles. The van der Waals surface area contributed by atoms with E-state index in [1.165, 1.54) is 45.3 Å². The Morgan fingerprint density at radius 3 is 2.53 bits per heavy atom. The number of likely N-dealkylation sites (tertiary alicyclic amines) is 3. The third kappa shape index (κ3) is 4.99. The van der Waals surface area contributed by atoms with Crippen LogP contribution in [0.5, 0.6) is 0 Å². The topological polar surface area (TPSA) is 98.1 Å². The average molecular weight is 450 g/mol. The summed E-state index contributed by atoms with van der Waals surface area (Å²) in [5.41, 5.74) is 8.89. The number of carbonyl (C=O) groups is 1. The molecule has 5 heterocycles. The van der Waals surface area contributed by atoms with E-state index in [-0.39, 0.29) is 24.2 Å². The van der Waals surface area contributed by atoms with Crippen LogP contribution >= 0.6 is 0 Å². The van der Waals surface area contributed by atoms with Crippen molar-refractivity contribution in [2.75, 3.05) is 46.3 Å². The molecule has 0 spiro atoms. The lowest BCUT2D eigenvalue weighted by Crippen LogP contribution is -2.57. The summed E-state index contributed by atoms with van der Waals surface area (Å²) in [7, 11) is 2.24. The van der Waals surface area contributed by atoms with Gasteiger partial charge in [-0.05, 0) is 90.5 Å². The first-order valence-corrected chi connectivity index (χ1v) is 13.0. The van der Waals surface area contributed by atoms with E-state index >= 15 is 0 Å². The summed E-state index contributed by atoms with van der Waals surface area (Å²) in [6, 6.07) is 1.18. The molecule has 9 nitrogen and oxygen atoms in total. The zero-order valence-corrected chi connectivity index (χ0v) is 19.7. The van der Waals surface area contributed by atoms with Gasteiger partial charge in [0.1, 0.15) is 6.23 Å². The molecule has 0 bridgehead atoms. The van der Waals surface area contributed by atoms with Crippen LogP contribution in [0.25, 0.3) is 0 Å². The highest BCUT2D eigenvalue weighted by molar-refractivity contribution is 5.76. The molecule has 32 heavy (non-hydrogen) atoms. The fraction of sp³-hybridized carbons (Fsp3) is 0.957. The molecule has 1 amide bonds. The highest BCUT2D eigenvalue weighted by Crippen LogP contribution is 2.31. The van der Waals surface area contributed by atoms with Gasteiger partial charge in [0, 0.05) is 25.0 Å². The van der Waals surface area contributed by atoms with E-state index in [1.807, 2.05) is 0 Å². The van der Waals surface area contributed by atoms with Gasteiger partial charge in [-0.25, -0.2) is 0 Å². The fourth-order valence-electron chi connectivity index (χ4n) is 6.73. The van der Waals surface area contributed by atoms with Crippen molar-refractivity contribution in [2.24, 2.45) is 17.6 Å². The standard InChI is InChI=1S/C23H43N7O2/c1-28-11-7-18(8-12-28)30-10-2-3-19(30)23-26-22(27-32-23)17-4-9-25-20(15-17)29-13-5-16(6-14-29)21(24)31/h16-20,22-23,25-27H,2-15H2,1H3,(H2,24,31)/t17?,19-,20?,22?,23?/m0/s1. The van der Waals surface area contributed by atoms with Crippen molar-refractivity contribution in [2.45, 2.75) is 82.0 Å². The van der Waals surface area contributed by atoms with Crippen molar-refractivity contribution < 1.29 is 9.63 Å². The van der Waals surface area contributed by atoms with E-state index in [9.17, 15) is 4.79 Å². The van der Waals surface area contributed by atoms with Crippen LogP contribution in [-0.2, 0) is 9.63 Å². The van der Waals surface area contributed by atoms with Crippen molar-refractivity contribution in [3.05, 3.63) is 0 Å². The van der Waals surface area contributed by atoms with E-state index in [0.717, 1.165) is 45.3 Å². The number of primary amides is 1. The molecule has 0 radical (unpaired) electrons. The lowest BCUT2D eigenvalue weighted by atomic mass is 9.90. The monoisotopic (exact) mass is 449 g/mol. The van der Waals surface area contributed by atoms with E-state index in [2.05, 4.69) is 37.9 Å². The van der Waals surface area contributed by atoms with Crippen LogP contribution in [0.1, 0.15) is 51.4 Å². The molecule has 9 heteroatoms. The van der Waals surface area contributed by atoms with Crippen molar-refractivity contribution in [3.63, 3.8) is 0 Å². The summed E-state index contributed by atoms with van der Waals surface area (Å²) < 4.78 is 0. The third-order valence-electron chi connectivity index (χ3n) is 8.78. The summed E-state index contributed by atoms with van der Waals surface area (Å²) in [6.45, 7) is 6.57. The van der Waals surface area contributed by atoms with E-state index in [0.29, 0.717) is 24.2 Å². The zero-order valence-electron chi connectivity index (χ0n) is 19.7. The third-order valence-corrected chi connectivity index (χ3v) is 8.78. The molecule has 0 aromatic heterocycles. The molecule has 5 rings (SSSR count). The Hall–Kier alpha value is -0.810. The molecule has 5 aliphatic rings.